The summed E-state index contributed by atoms with van der Waals surface area (Å²) >= 11 is 11.7. The molecule has 0 radical (unpaired) electrons. The van der Waals surface area contributed by atoms with Gasteiger partial charge in [-0.1, -0.05) is 29.3 Å². The molecule has 0 aliphatic carbocycles. The molecule has 0 aliphatic rings. The number of rotatable bonds is 4. The molecule has 18 heavy (non-hydrogen) atoms. The van der Waals surface area contributed by atoms with Gasteiger partial charge in [0.25, 0.3) is 0 Å². The van der Waals surface area contributed by atoms with Crippen molar-refractivity contribution in [3.05, 3.63) is 46.3 Å². The van der Waals surface area contributed by atoms with Gasteiger partial charge in [-0.2, -0.15) is 4.98 Å². The van der Waals surface area contributed by atoms with Crippen molar-refractivity contribution in [2.45, 2.75) is 6.61 Å². The highest BCUT2D eigenvalue weighted by Crippen LogP contribution is 2.19. The van der Waals surface area contributed by atoms with Crippen LogP contribution in [0.5, 0.6) is 11.6 Å². The van der Waals surface area contributed by atoms with Gasteiger partial charge in [-0.25, -0.2) is 4.98 Å². The summed E-state index contributed by atoms with van der Waals surface area (Å²) in [7, 11) is 1.51. The van der Waals surface area contributed by atoms with E-state index in [1.165, 1.54) is 13.2 Å². The Morgan fingerprint density at radius 3 is 2.72 bits per heavy atom. The minimum Gasteiger partial charge on any atom is -0.486 e. The van der Waals surface area contributed by atoms with Crippen LogP contribution < -0.4 is 9.47 Å². The summed E-state index contributed by atoms with van der Waals surface area (Å²) in [6.45, 7) is 0.192. The van der Waals surface area contributed by atoms with Crippen LogP contribution in [0, 0.1) is 0 Å². The molecule has 0 saturated heterocycles. The summed E-state index contributed by atoms with van der Waals surface area (Å²) in [5.41, 5.74) is 0. The van der Waals surface area contributed by atoms with Crippen LogP contribution in [0.15, 0.2) is 30.3 Å². The minimum absolute atomic E-state index is 0.192. The van der Waals surface area contributed by atoms with Gasteiger partial charge in [0, 0.05) is 11.1 Å². The number of methoxy groups -OCH3 is 1. The molecule has 0 fully saturated rings. The van der Waals surface area contributed by atoms with Gasteiger partial charge in [-0.15, -0.1) is 0 Å². The monoisotopic (exact) mass is 284 g/mol. The predicted octanol–water partition coefficient (Wildman–Crippen LogP) is 3.37. The molecule has 1 aromatic heterocycles. The van der Waals surface area contributed by atoms with Gasteiger partial charge in [0.15, 0.2) is 5.82 Å². The molecule has 0 unspecified atom stereocenters. The quantitative estimate of drug-likeness (QED) is 0.808. The highest BCUT2D eigenvalue weighted by atomic mass is 35.5. The third-order valence-electron chi connectivity index (χ3n) is 2.09. The van der Waals surface area contributed by atoms with E-state index in [2.05, 4.69) is 9.97 Å². The van der Waals surface area contributed by atoms with Crippen molar-refractivity contribution in [2.75, 3.05) is 7.11 Å². The standard InChI is InChI=1S/C12H10Cl2N2O2/c1-17-12-6-10(14)15-11(16-12)7-18-9-4-2-3-8(13)5-9/h2-6H,7H2,1H3. The maximum atomic E-state index is 5.85. The summed E-state index contributed by atoms with van der Waals surface area (Å²) in [4.78, 5) is 8.15. The number of halogens is 2. The number of benzene rings is 1. The number of ether oxygens (including phenoxy) is 2. The summed E-state index contributed by atoms with van der Waals surface area (Å²) in [6, 6.07) is 8.62. The van der Waals surface area contributed by atoms with Crippen molar-refractivity contribution in [3.8, 4) is 11.6 Å². The van der Waals surface area contributed by atoms with Crippen LogP contribution in [0.1, 0.15) is 5.82 Å². The molecule has 1 heterocycles. The minimum atomic E-state index is 0.192. The van der Waals surface area contributed by atoms with Crippen molar-refractivity contribution < 1.29 is 9.47 Å². The van der Waals surface area contributed by atoms with E-state index >= 15 is 0 Å². The van der Waals surface area contributed by atoms with Crippen LogP contribution in [0.25, 0.3) is 0 Å². The van der Waals surface area contributed by atoms with E-state index in [-0.39, 0.29) is 6.61 Å². The predicted molar refractivity (Wildman–Crippen MR) is 69.4 cm³/mol. The smallest absolute Gasteiger partial charge is 0.217 e. The van der Waals surface area contributed by atoms with E-state index in [1.54, 1.807) is 24.3 Å². The van der Waals surface area contributed by atoms with Crippen LogP contribution in [0.3, 0.4) is 0 Å². The largest absolute Gasteiger partial charge is 0.486 e. The number of aromatic nitrogens is 2. The average Bonchev–Trinajstić information content (AvgIpc) is 2.36. The molecule has 0 atom stereocenters. The molecule has 0 N–H and O–H groups in total. The fourth-order valence-electron chi connectivity index (χ4n) is 1.32. The fourth-order valence-corrected chi connectivity index (χ4v) is 1.69. The summed E-state index contributed by atoms with van der Waals surface area (Å²) in [5.74, 6) is 1.49. The molecule has 1 aromatic carbocycles. The van der Waals surface area contributed by atoms with E-state index in [0.29, 0.717) is 27.6 Å². The van der Waals surface area contributed by atoms with Crippen molar-refractivity contribution in [3.63, 3.8) is 0 Å². The van der Waals surface area contributed by atoms with E-state index in [4.69, 9.17) is 32.7 Å². The zero-order chi connectivity index (χ0) is 13.0. The average molecular weight is 285 g/mol. The Morgan fingerprint density at radius 1 is 1.17 bits per heavy atom. The highest BCUT2D eigenvalue weighted by Gasteiger charge is 2.04. The lowest BCUT2D eigenvalue weighted by molar-refractivity contribution is 0.292. The fraction of sp³-hybridized carbons (Fsp3) is 0.167. The zero-order valence-electron chi connectivity index (χ0n) is 9.56. The Balaban J connectivity index is 2.08. The van der Waals surface area contributed by atoms with Crippen LogP contribution in [-0.2, 0) is 6.61 Å². The van der Waals surface area contributed by atoms with Crippen LogP contribution >= 0.6 is 23.2 Å². The molecule has 0 amide bonds. The molecule has 4 nitrogen and oxygen atoms in total. The summed E-state index contributed by atoms with van der Waals surface area (Å²) in [5, 5.41) is 0.920. The Bertz CT molecular complexity index is 549. The topological polar surface area (TPSA) is 44.2 Å². The van der Waals surface area contributed by atoms with Gasteiger partial charge in [0.2, 0.25) is 5.88 Å². The van der Waals surface area contributed by atoms with Crippen molar-refractivity contribution in [2.24, 2.45) is 0 Å². The van der Waals surface area contributed by atoms with Gasteiger partial charge >= 0.3 is 0 Å². The van der Waals surface area contributed by atoms with E-state index in [0.717, 1.165) is 0 Å². The lowest BCUT2D eigenvalue weighted by atomic mass is 10.3. The molecule has 94 valence electrons. The second kappa shape index (κ2) is 5.89. The molecule has 6 heteroatoms. The van der Waals surface area contributed by atoms with Crippen LogP contribution in [0.2, 0.25) is 10.2 Å². The first kappa shape index (κ1) is 12.9. The number of hydrogen-bond acceptors (Lipinski definition) is 4. The molecule has 0 saturated carbocycles. The third kappa shape index (κ3) is 3.48. The third-order valence-corrected chi connectivity index (χ3v) is 2.52. The highest BCUT2D eigenvalue weighted by molar-refractivity contribution is 6.30. The Morgan fingerprint density at radius 2 is 2.00 bits per heavy atom. The first-order valence-electron chi connectivity index (χ1n) is 5.13. The summed E-state index contributed by atoms with van der Waals surface area (Å²) < 4.78 is 10.5. The summed E-state index contributed by atoms with van der Waals surface area (Å²) in [6.07, 6.45) is 0. The lowest BCUT2D eigenvalue weighted by Crippen LogP contribution is -2.03. The maximum Gasteiger partial charge on any atom is 0.217 e. The first-order valence-corrected chi connectivity index (χ1v) is 5.89. The van der Waals surface area contributed by atoms with Gasteiger partial charge < -0.3 is 9.47 Å². The second-order valence-electron chi connectivity index (χ2n) is 3.40. The van der Waals surface area contributed by atoms with Crippen LogP contribution in [-0.4, -0.2) is 17.1 Å². The van der Waals surface area contributed by atoms with E-state index in [9.17, 15) is 0 Å². The molecular formula is C12H10Cl2N2O2. The SMILES string of the molecule is COc1cc(Cl)nc(COc2cccc(Cl)c2)n1. The normalized spacial score (nSPS) is 10.2. The Labute approximate surface area is 114 Å². The van der Waals surface area contributed by atoms with Gasteiger partial charge in [-0.3, -0.25) is 0 Å². The van der Waals surface area contributed by atoms with Crippen molar-refractivity contribution >= 4 is 23.2 Å². The molecule has 2 aromatic rings. The van der Waals surface area contributed by atoms with Gasteiger partial charge in [0.1, 0.15) is 17.5 Å². The molecule has 0 bridgehead atoms. The van der Waals surface area contributed by atoms with E-state index in [1.807, 2.05) is 0 Å². The molecule has 0 spiro atoms. The molecule has 2 rings (SSSR count). The molecular weight excluding hydrogens is 275 g/mol. The zero-order valence-corrected chi connectivity index (χ0v) is 11.1. The molecule has 0 aliphatic heterocycles. The Hall–Kier alpha value is -1.52. The van der Waals surface area contributed by atoms with Crippen LogP contribution in [0.4, 0.5) is 0 Å². The lowest BCUT2D eigenvalue weighted by Gasteiger charge is -2.07. The first-order chi connectivity index (χ1) is 8.67. The van der Waals surface area contributed by atoms with Crippen molar-refractivity contribution in [1.82, 2.24) is 9.97 Å². The maximum absolute atomic E-state index is 5.85. The van der Waals surface area contributed by atoms with Gasteiger partial charge in [-0.05, 0) is 18.2 Å². The van der Waals surface area contributed by atoms with Gasteiger partial charge in [0.05, 0.1) is 7.11 Å². The number of nitrogens with zero attached hydrogens (tertiary/aromatic N) is 2. The second-order valence-corrected chi connectivity index (χ2v) is 4.22. The van der Waals surface area contributed by atoms with Crippen molar-refractivity contribution in [1.29, 1.82) is 0 Å². The Kier molecular flexibility index (Phi) is 4.23. The number of hydrogen-bond donors (Lipinski definition) is 0. The van der Waals surface area contributed by atoms with E-state index < -0.39 is 0 Å².